The number of carbonyl (C=O) groups is 1. The Hall–Kier alpha value is -4.91. The molecule has 4 atom stereocenters. The summed E-state index contributed by atoms with van der Waals surface area (Å²) in [6, 6.07) is 16.0. The molecule has 2 amide bonds. The Morgan fingerprint density at radius 1 is 1.00 bits per heavy atom. The van der Waals surface area contributed by atoms with Crippen molar-refractivity contribution >= 4 is 23.4 Å². The average molecular weight is 653 g/mol. The Labute approximate surface area is 279 Å². The van der Waals surface area contributed by atoms with Crippen LogP contribution in [0.1, 0.15) is 94.7 Å². The van der Waals surface area contributed by atoms with E-state index in [1.807, 2.05) is 47.0 Å². The van der Waals surface area contributed by atoms with Crippen molar-refractivity contribution in [1.29, 1.82) is 0 Å². The molecule has 3 N–H and O–H groups in total. The van der Waals surface area contributed by atoms with E-state index >= 15 is 0 Å². The summed E-state index contributed by atoms with van der Waals surface area (Å²) in [6.45, 7) is 8.98. The lowest BCUT2D eigenvalue weighted by molar-refractivity contribution is 0.171. The largest absolute Gasteiger partial charge is 0.484 e. The maximum Gasteiger partial charge on any atom is 0.320 e. The SMILES string of the molecule is CC(C)c1cc(NC(=O)N[C@H]2CC[C@@H](Oc3ccc4nnc(N5[C@H](C)CCC[C@@H]5C)n4c3)c3ccccc32)n(-c2ccn(CCO)n2)n1. The van der Waals surface area contributed by atoms with E-state index in [0.29, 0.717) is 36.7 Å². The molecule has 2 aliphatic rings. The fraction of sp³-hybridized carbons (Fsp3) is 0.457. The molecule has 0 spiro atoms. The van der Waals surface area contributed by atoms with Crippen LogP contribution >= 0.6 is 0 Å². The number of hydrogen-bond acceptors (Lipinski definition) is 8. The lowest BCUT2D eigenvalue weighted by Gasteiger charge is -2.39. The molecule has 0 bridgehead atoms. The summed E-state index contributed by atoms with van der Waals surface area (Å²) >= 11 is 0. The van der Waals surface area contributed by atoms with Gasteiger partial charge in [0.15, 0.2) is 11.5 Å². The summed E-state index contributed by atoms with van der Waals surface area (Å²) in [5, 5.41) is 33.7. The van der Waals surface area contributed by atoms with Crippen molar-refractivity contribution in [3.63, 3.8) is 0 Å². The number of carbonyl (C=O) groups excluding carboxylic acids is 1. The normalized spacial score (nSPS) is 21.0. The molecule has 252 valence electrons. The minimum Gasteiger partial charge on any atom is -0.484 e. The monoisotopic (exact) mass is 652 g/mol. The number of hydrogen-bond donors (Lipinski definition) is 3. The summed E-state index contributed by atoms with van der Waals surface area (Å²) in [5.41, 5.74) is 3.71. The summed E-state index contributed by atoms with van der Waals surface area (Å²) < 4.78 is 12.0. The van der Waals surface area contributed by atoms with Crippen LogP contribution in [0.2, 0.25) is 0 Å². The fourth-order valence-corrected chi connectivity index (χ4v) is 7.05. The molecule has 0 saturated carbocycles. The van der Waals surface area contributed by atoms with Crippen molar-refractivity contribution in [3.8, 4) is 11.6 Å². The van der Waals surface area contributed by atoms with Crippen molar-refractivity contribution in [1.82, 2.24) is 39.5 Å². The van der Waals surface area contributed by atoms with Crippen molar-refractivity contribution in [2.75, 3.05) is 16.8 Å². The molecule has 48 heavy (non-hydrogen) atoms. The van der Waals surface area contributed by atoms with Gasteiger partial charge in [0.1, 0.15) is 17.7 Å². The number of ether oxygens (including phenoxy) is 1. The van der Waals surface area contributed by atoms with Gasteiger partial charge in [-0.2, -0.15) is 14.9 Å². The number of rotatable bonds is 9. The lowest BCUT2D eigenvalue weighted by Crippen LogP contribution is -2.44. The molecule has 13 heteroatoms. The average Bonchev–Trinajstić information content (AvgIpc) is 3.81. The first kappa shape index (κ1) is 31.7. The Balaban J connectivity index is 1.08. The third-order valence-corrected chi connectivity index (χ3v) is 9.54. The molecule has 1 aliphatic carbocycles. The summed E-state index contributed by atoms with van der Waals surface area (Å²) in [5.74, 6) is 2.85. The summed E-state index contributed by atoms with van der Waals surface area (Å²) in [4.78, 5) is 15.8. The number of urea groups is 1. The van der Waals surface area contributed by atoms with E-state index in [2.05, 4.69) is 70.7 Å². The number of piperidine rings is 1. The Morgan fingerprint density at radius 3 is 2.56 bits per heavy atom. The number of aliphatic hydroxyl groups is 1. The first-order valence-electron chi connectivity index (χ1n) is 17.0. The number of nitrogens with one attached hydrogen (secondary N) is 2. The minimum atomic E-state index is -0.327. The molecule has 1 fully saturated rings. The minimum absolute atomic E-state index is 0.0184. The van der Waals surface area contributed by atoms with E-state index in [9.17, 15) is 9.90 Å². The third-order valence-electron chi connectivity index (χ3n) is 9.54. The number of amides is 2. The number of aliphatic hydroxyl groups excluding tert-OH is 1. The standard InChI is InChI=1S/C35H44N10O3/c1-22(2)29-20-33(45(40-29)32-16-17-42(41-32)18-19-46)37-34(47)36-28-13-14-30(27-11-6-5-10-26(27)28)48-25-12-15-31-38-39-35(43(31)21-25)44-23(3)8-7-9-24(44)4/h5-6,10-12,15-17,20-24,28,30,46H,7-9,13-14,18-19H2,1-4H3,(H2,36,37,47)/t23-,24+,28-,30+/m0/s1. The van der Waals surface area contributed by atoms with Gasteiger partial charge in [-0.1, -0.05) is 38.1 Å². The topological polar surface area (TPSA) is 140 Å². The van der Waals surface area contributed by atoms with E-state index in [-0.39, 0.29) is 30.7 Å². The van der Waals surface area contributed by atoms with Crippen LogP contribution in [0.5, 0.6) is 5.75 Å². The lowest BCUT2D eigenvalue weighted by atomic mass is 9.85. The van der Waals surface area contributed by atoms with Gasteiger partial charge in [-0.3, -0.25) is 14.4 Å². The number of pyridine rings is 1. The van der Waals surface area contributed by atoms with Gasteiger partial charge in [0.25, 0.3) is 0 Å². The smallest absolute Gasteiger partial charge is 0.320 e. The second kappa shape index (κ2) is 13.3. The number of fused-ring (bicyclic) bond motifs is 2. The molecule has 5 aromatic rings. The van der Waals surface area contributed by atoms with Gasteiger partial charge in [-0.15, -0.1) is 10.2 Å². The molecule has 7 rings (SSSR count). The molecule has 13 nitrogen and oxygen atoms in total. The number of anilines is 2. The van der Waals surface area contributed by atoms with E-state index in [1.165, 1.54) is 6.42 Å². The highest BCUT2D eigenvalue weighted by Crippen LogP contribution is 2.39. The van der Waals surface area contributed by atoms with Gasteiger partial charge in [-0.05, 0) is 75.1 Å². The second-order valence-electron chi connectivity index (χ2n) is 13.3. The molecular formula is C35H44N10O3. The molecule has 1 aromatic carbocycles. The second-order valence-corrected chi connectivity index (χ2v) is 13.3. The molecule has 5 heterocycles. The first-order valence-corrected chi connectivity index (χ1v) is 17.0. The van der Waals surface area contributed by atoms with Crippen LogP contribution in [0, 0.1) is 0 Å². The van der Waals surface area contributed by atoms with Crippen molar-refractivity contribution in [2.24, 2.45) is 0 Å². The highest BCUT2D eigenvalue weighted by atomic mass is 16.5. The van der Waals surface area contributed by atoms with Crippen molar-refractivity contribution < 1.29 is 14.6 Å². The van der Waals surface area contributed by atoms with Crippen LogP contribution in [-0.2, 0) is 6.54 Å². The maximum absolute atomic E-state index is 13.5. The van der Waals surface area contributed by atoms with Gasteiger partial charge < -0.3 is 20.1 Å². The van der Waals surface area contributed by atoms with E-state index in [1.54, 1.807) is 15.6 Å². The van der Waals surface area contributed by atoms with Gasteiger partial charge >= 0.3 is 6.03 Å². The Morgan fingerprint density at radius 2 is 1.79 bits per heavy atom. The molecular weight excluding hydrogens is 608 g/mol. The van der Waals surface area contributed by atoms with Crippen LogP contribution in [0.25, 0.3) is 11.5 Å². The summed E-state index contributed by atoms with van der Waals surface area (Å²) in [7, 11) is 0. The van der Waals surface area contributed by atoms with Gasteiger partial charge in [-0.25, -0.2) is 4.79 Å². The first-order chi connectivity index (χ1) is 23.3. The van der Waals surface area contributed by atoms with Crippen LogP contribution in [-0.4, -0.2) is 64.0 Å². The van der Waals surface area contributed by atoms with E-state index < -0.39 is 0 Å². The molecule has 1 saturated heterocycles. The van der Waals surface area contributed by atoms with E-state index in [4.69, 9.17) is 9.84 Å². The molecule has 1 aliphatic heterocycles. The number of aromatic nitrogens is 7. The molecule has 4 aromatic heterocycles. The van der Waals surface area contributed by atoms with E-state index in [0.717, 1.165) is 53.4 Å². The fourth-order valence-electron chi connectivity index (χ4n) is 7.05. The van der Waals surface area contributed by atoms with Crippen LogP contribution in [0.15, 0.2) is 60.9 Å². The zero-order valence-corrected chi connectivity index (χ0v) is 28.0. The van der Waals surface area contributed by atoms with Crippen LogP contribution in [0.4, 0.5) is 16.6 Å². The van der Waals surface area contributed by atoms with Crippen LogP contribution in [0.3, 0.4) is 0 Å². The predicted molar refractivity (Wildman–Crippen MR) is 183 cm³/mol. The molecule has 0 unspecified atom stereocenters. The van der Waals surface area contributed by atoms with Crippen LogP contribution < -0.4 is 20.3 Å². The highest BCUT2D eigenvalue weighted by Gasteiger charge is 2.31. The quantitative estimate of drug-likeness (QED) is 0.182. The Bertz CT molecular complexity index is 1880. The number of nitrogens with zero attached hydrogens (tertiary/aromatic N) is 8. The molecule has 0 radical (unpaired) electrons. The summed E-state index contributed by atoms with van der Waals surface area (Å²) in [6.07, 6.45) is 8.56. The van der Waals surface area contributed by atoms with Crippen molar-refractivity contribution in [2.45, 2.75) is 96.5 Å². The maximum atomic E-state index is 13.5. The predicted octanol–water partition coefficient (Wildman–Crippen LogP) is 5.77. The highest BCUT2D eigenvalue weighted by molar-refractivity contribution is 5.89. The third kappa shape index (κ3) is 6.21. The zero-order valence-electron chi connectivity index (χ0n) is 28.0. The van der Waals surface area contributed by atoms with Gasteiger partial charge in [0.2, 0.25) is 5.95 Å². The zero-order chi connectivity index (χ0) is 33.4. The number of benzene rings is 1. The van der Waals surface area contributed by atoms with Gasteiger partial charge in [0.05, 0.1) is 31.1 Å². The van der Waals surface area contributed by atoms with Crippen molar-refractivity contribution in [3.05, 3.63) is 77.7 Å². The Kier molecular flexibility index (Phi) is 8.78. The van der Waals surface area contributed by atoms with Gasteiger partial charge in [0, 0.05) is 30.4 Å².